The van der Waals surface area contributed by atoms with Crippen molar-refractivity contribution in [1.82, 2.24) is 0 Å². The lowest BCUT2D eigenvalue weighted by atomic mass is 9.79. The van der Waals surface area contributed by atoms with Crippen LogP contribution in [0.1, 0.15) is 72.1 Å². The predicted octanol–water partition coefficient (Wildman–Crippen LogP) is 7.05. The van der Waals surface area contributed by atoms with Crippen molar-refractivity contribution in [3.05, 3.63) is 59.2 Å². The summed E-state index contributed by atoms with van der Waals surface area (Å²) < 4.78 is 0. The van der Waals surface area contributed by atoms with E-state index in [1.54, 1.807) is 5.19 Å². The van der Waals surface area contributed by atoms with Gasteiger partial charge in [0, 0.05) is 4.90 Å². The van der Waals surface area contributed by atoms with Gasteiger partial charge in [0.15, 0.2) is 0 Å². The quantitative estimate of drug-likeness (QED) is 0.405. The summed E-state index contributed by atoms with van der Waals surface area (Å²) in [6, 6.07) is 20.0. The van der Waals surface area contributed by atoms with Crippen molar-refractivity contribution < 1.29 is 0 Å². The summed E-state index contributed by atoms with van der Waals surface area (Å²) in [7, 11) is -1.57. The zero-order valence-electron chi connectivity index (χ0n) is 18.6. The first-order chi connectivity index (χ1) is 12.4. The fourth-order valence-electron chi connectivity index (χ4n) is 4.13. The molecule has 0 amide bonds. The Hall–Kier alpha value is -0.993. The van der Waals surface area contributed by atoms with Gasteiger partial charge in [-0.25, -0.2) is 0 Å². The number of hydrogen-bond acceptors (Lipinski definition) is 1. The number of benzene rings is 2. The highest BCUT2D eigenvalue weighted by atomic mass is 32.1. The van der Waals surface area contributed by atoms with E-state index in [9.17, 15) is 0 Å². The van der Waals surface area contributed by atoms with E-state index in [0.717, 1.165) is 0 Å². The maximum atomic E-state index is 4.98. The monoisotopic (exact) mass is 398 g/mol. The van der Waals surface area contributed by atoms with Gasteiger partial charge in [-0.1, -0.05) is 115 Å². The Bertz CT molecular complexity index is 724. The van der Waals surface area contributed by atoms with E-state index < -0.39 is 8.07 Å². The summed E-state index contributed by atoms with van der Waals surface area (Å²) in [5.74, 6) is 0. The Kier molecular flexibility index (Phi) is 6.75. The Morgan fingerprint density at radius 3 is 1.59 bits per heavy atom. The van der Waals surface area contributed by atoms with Gasteiger partial charge in [0.05, 0.1) is 8.07 Å². The van der Waals surface area contributed by atoms with Crippen molar-refractivity contribution in [3.8, 4) is 0 Å². The van der Waals surface area contributed by atoms with Crippen LogP contribution in [0.3, 0.4) is 0 Å². The normalized spacial score (nSPS) is 13.1. The van der Waals surface area contributed by atoms with Crippen LogP contribution in [0.5, 0.6) is 0 Å². The summed E-state index contributed by atoms with van der Waals surface area (Å²) in [5, 5.41) is 1.60. The number of thiol groups is 1. The maximum Gasteiger partial charge on any atom is 0.0904 e. The fourth-order valence-corrected chi connectivity index (χ4v) is 8.84. The molecule has 2 aromatic rings. The molecule has 0 radical (unpaired) electrons. The SMILES string of the molecule is CC[Si](CC)(Cc1cc(C(C)(C)C)c(S)c(C(C)(C)C)c1)c1ccccc1. The van der Waals surface area contributed by atoms with Crippen molar-refractivity contribution >= 4 is 25.9 Å². The van der Waals surface area contributed by atoms with Gasteiger partial charge in [-0.2, -0.15) is 0 Å². The van der Waals surface area contributed by atoms with Gasteiger partial charge >= 0.3 is 0 Å². The lowest BCUT2D eigenvalue weighted by molar-refractivity contribution is 0.546. The van der Waals surface area contributed by atoms with Gasteiger partial charge in [-0.3, -0.25) is 0 Å². The van der Waals surface area contributed by atoms with Crippen LogP contribution in [0.2, 0.25) is 12.1 Å². The molecule has 0 aliphatic carbocycles. The van der Waals surface area contributed by atoms with Gasteiger partial charge in [0.1, 0.15) is 0 Å². The summed E-state index contributed by atoms with van der Waals surface area (Å²) >= 11 is 4.98. The molecule has 2 heteroatoms. The Morgan fingerprint density at radius 2 is 1.22 bits per heavy atom. The first kappa shape index (κ1) is 22.3. The lowest BCUT2D eigenvalue weighted by Crippen LogP contribution is -2.49. The smallest absolute Gasteiger partial charge is 0.0904 e. The summed E-state index contributed by atoms with van der Waals surface area (Å²) in [6.07, 6.45) is 0. The van der Waals surface area contributed by atoms with Crippen molar-refractivity contribution in [3.63, 3.8) is 0 Å². The fraction of sp³-hybridized carbons (Fsp3) is 0.520. The standard InChI is InChI=1S/C25H38SSi/c1-9-27(10-2,20-14-12-11-13-15-20)18-19-16-21(24(3,4)5)23(26)22(17-19)25(6,7)8/h11-17,26H,9-10,18H2,1-8H3. The van der Waals surface area contributed by atoms with Crippen LogP contribution in [-0.2, 0) is 16.9 Å². The third-order valence-electron chi connectivity index (χ3n) is 6.07. The lowest BCUT2D eigenvalue weighted by Gasteiger charge is -2.33. The summed E-state index contributed by atoms with van der Waals surface area (Å²) in [4.78, 5) is 1.18. The average molecular weight is 399 g/mol. The Morgan fingerprint density at radius 1 is 0.778 bits per heavy atom. The minimum Gasteiger partial charge on any atom is -0.143 e. The Balaban J connectivity index is 2.63. The van der Waals surface area contributed by atoms with Crippen LogP contribution in [-0.4, -0.2) is 8.07 Å². The highest BCUT2D eigenvalue weighted by molar-refractivity contribution is 7.80. The molecule has 0 unspecified atom stereocenters. The van der Waals surface area contributed by atoms with Crippen LogP contribution in [0.15, 0.2) is 47.4 Å². The van der Waals surface area contributed by atoms with Crippen LogP contribution in [0.25, 0.3) is 0 Å². The van der Waals surface area contributed by atoms with Crippen molar-refractivity contribution in [2.24, 2.45) is 0 Å². The molecule has 2 rings (SSSR count). The molecule has 0 aromatic heterocycles. The average Bonchev–Trinajstić information content (AvgIpc) is 2.59. The Labute approximate surface area is 174 Å². The summed E-state index contributed by atoms with van der Waals surface area (Å²) in [5.41, 5.74) is 4.47. The van der Waals surface area contributed by atoms with Crippen LogP contribution >= 0.6 is 12.6 Å². The first-order valence-corrected chi connectivity index (χ1v) is 13.4. The van der Waals surface area contributed by atoms with E-state index in [0.29, 0.717) is 0 Å². The van der Waals surface area contributed by atoms with Crippen LogP contribution < -0.4 is 5.19 Å². The summed E-state index contributed by atoms with van der Waals surface area (Å²) in [6.45, 7) is 18.6. The van der Waals surface area contributed by atoms with E-state index in [4.69, 9.17) is 12.6 Å². The molecule has 0 atom stereocenters. The van der Waals surface area contributed by atoms with Crippen molar-refractivity contribution in [2.45, 2.75) is 89.2 Å². The van der Waals surface area contributed by atoms with Gasteiger partial charge < -0.3 is 0 Å². The topological polar surface area (TPSA) is 0 Å². The molecule has 0 N–H and O–H groups in total. The largest absolute Gasteiger partial charge is 0.143 e. The highest BCUT2D eigenvalue weighted by Crippen LogP contribution is 2.38. The van der Waals surface area contributed by atoms with Gasteiger partial charge in [0.2, 0.25) is 0 Å². The molecule has 148 valence electrons. The van der Waals surface area contributed by atoms with Gasteiger partial charge in [-0.15, -0.1) is 12.6 Å². The highest BCUT2D eigenvalue weighted by Gasteiger charge is 2.33. The molecule has 0 aliphatic rings. The van der Waals surface area contributed by atoms with E-state index >= 15 is 0 Å². The van der Waals surface area contributed by atoms with Crippen molar-refractivity contribution in [1.29, 1.82) is 0 Å². The number of hydrogen-bond donors (Lipinski definition) is 1. The molecular formula is C25H38SSi. The minimum atomic E-state index is -1.57. The van der Waals surface area contributed by atoms with E-state index in [1.165, 1.54) is 39.7 Å². The third kappa shape index (κ3) is 4.89. The molecule has 0 spiro atoms. The van der Waals surface area contributed by atoms with E-state index in [2.05, 4.69) is 97.9 Å². The van der Waals surface area contributed by atoms with Crippen molar-refractivity contribution in [2.75, 3.05) is 0 Å². The third-order valence-corrected chi connectivity index (χ3v) is 11.9. The molecule has 0 nitrogen and oxygen atoms in total. The van der Waals surface area contributed by atoms with Gasteiger partial charge in [0.25, 0.3) is 0 Å². The zero-order valence-corrected chi connectivity index (χ0v) is 20.5. The predicted molar refractivity (Wildman–Crippen MR) is 128 cm³/mol. The van der Waals surface area contributed by atoms with E-state index in [1.807, 2.05) is 0 Å². The molecule has 2 aromatic carbocycles. The molecule has 27 heavy (non-hydrogen) atoms. The molecule has 0 aliphatic heterocycles. The molecule has 0 bridgehead atoms. The second-order valence-corrected chi connectivity index (χ2v) is 15.4. The molecular weight excluding hydrogens is 360 g/mol. The molecule has 0 heterocycles. The minimum absolute atomic E-state index is 0.0997. The zero-order chi connectivity index (χ0) is 20.5. The molecule has 0 fully saturated rings. The first-order valence-electron chi connectivity index (χ1n) is 10.4. The maximum absolute atomic E-state index is 4.98. The van der Waals surface area contributed by atoms with Crippen LogP contribution in [0.4, 0.5) is 0 Å². The molecule has 0 saturated heterocycles. The van der Waals surface area contributed by atoms with Crippen LogP contribution in [0, 0.1) is 0 Å². The molecule has 0 saturated carbocycles. The van der Waals surface area contributed by atoms with E-state index in [-0.39, 0.29) is 10.8 Å². The van der Waals surface area contributed by atoms with Gasteiger partial charge in [-0.05, 0) is 33.6 Å². The number of rotatable bonds is 5. The second-order valence-electron chi connectivity index (χ2n) is 10.1. The second kappa shape index (κ2) is 8.17.